The molecule has 0 aromatic heterocycles. The molecule has 0 amide bonds. The van der Waals surface area contributed by atoms with Gasteiger partial charge in [-0.15, -0.1) is 0 Å². The van der Waals surface area contributed by atoms with E-state index in [0.29, 0.717) is 0 Å². The first kappa shape index (κ1) is 11.6. The second-order valence-corrected chi connectivity index (χ2v) is 5.05. The zero-order valence-corrected chi connectivity index (χ0v) is 11.2. The molecule has 0 radical (unpaired) electrons. The molecule has 0 unspecified atom stereocenters. The van der Waals surface area contributed by atoms with Crippen LogP contribution in [0.4, 0.5) is 0 Å². The first-order chi connectivity index (χ1) is 7.77. The van der Waals surface area contributed by atoms with Gasteiger partial charge >= 0.3 is 0 Å². The minimum Gasteiger partial charge on any atom is -0.359 e. The van der Waals surface area contributed by atoms with Crippen molar-refractivity contribution in [3.8, 4) is 0 Å². The third-order valence-corrected chi connectivity index (χ3v) is 4.26. The number of halogens is 1. The molecule has 2 heteroatoms. The Labute approximate surface area is 110 Å². The van der Waals surface area contributed by atoms with Gasteiger partial charge in [-0.3, -0.25) is 0 Å². The van der Waals surface area contributed by atoms with Crippen LogP contribution >= 0.6 is 22.6 Å². The number of rotatable bonds is 3. The molecule has 0 N–H and O–H groups in total. The van der Waals surface area contributed by atoms with E-state index in [9.17, 15) is 0 Å². The van der Waals surface area contributed by atoms with Crippen LogP contribution in [0.3, 0.4) is 0 Å². The first-order valence-electron chi connectivity index (χ1n) is 5.12. The molecule has 0 heterocycles. The van der Waals surface area contributed by atoms with Crippen molar-refractivity contribution in [3.05, 3.63) is 71.8 Å². The third-order valence-electron chi connectivity index (χ3n) is 2.57. The third kappa shape index (κ3) is 2.13. The molecule has 2 aromatic carbocycles. The van der Waals surface area contributed by atoms with E-state index in [0.717, 1.165) is 11.1 Å². The molecular weight excluding hydrogens is 311 g/mol. The Balaban J connectivity index is 2.49. The highest BCUT2D eigenvalue weighted by atomic mass is 127. The molecule has 0 aliphatic rings. The largest absolute Gasteiger partial charge is 0.359 e. The zero-order valence-electron chi connectivity index (χ0n) is 9.06. The summed E-state index contributed by atoms with van der Waals surface area (Å²) in [5, 5.41) is 0. The Hall–Kier alpha value is -0.870. The van der Waals surface area contributed by atoms with Gasteiger partial charge in [-0.2, -0.15) is 0 Å². The van der Waals surface area contributed by atoms with Crippen LogP contribution in [0, 0.1) is 0 Å². The first-order valence-corrected chi connectivity index (χ1v) is 6.20. The van der Waals surface area contributed by atoms with Crippen molar-refractivity contribution in [1.82, 2.24) is 0 Å². The molecule has 2 aromatic rings. The van der Waals surface area contributed by atoms with E-state index in [-0.39, 0.29) is 0 Å². The molecule has 0 aliphatic carbocycles. The molecule has 82 valence electrons. The predicted molar refractivity (Wildman–Crippen MR) is 74.7 cm³/mol. The molecule has 1 nitrogen and oxygen atoms in total. The minimum absolute atomic E-state index is 0.402. The van der Waals surface area contributed by atoms with Crippen LogP contribution in [0.25, 0.3) is 0 Å². The summed E-state index contributed by atoms with van der Waals surface area (Å²) in [7, 11) is 1.74. The molecule has 0 saturated carbocycles. The lowest BCUT2D eigenvalue weighted by Gasteiger charge is -2.27. The number of hydrogen-bond acceptors (Lipinski definition) is 1. The summed E-state index contributed by atoms with van der Waals surface area (Å²) in [4.78, 5) is 0. The van der Waals surface area contributed by atoms with Crippen LogP contribution in [-0.4, -0.2) is 7.11 Å². The van der Waals surface area contributed by atoms with Crippen molar-refractivity contribution in [3.63, 3.8) is 0 Å². The lowest BCUT2D eigenvalue weighted by molar-refractivity contribution is 0.120. The zero-order chi connectivity index (χ0) is 11.4. The molecule has 0 fully saturated rings. The molecule has 0 aliphatic heterocycles. The van der Waals surface area contributed by atoms with E-state index in [1.165, 1.54) is 0 Å². The topological polar surface area (TPSA) is 9.23 Å². The standard InChI is InChI=1S/C14H13IO/c1-16-14(15,12-8-4-2-5-9-12)13-10-6-3-7-11-13/h2-11H,1H3. The number of alkyl halides is 1. The SMILES string of the molecule is COC(I)(c1ccccc1)c1ccccc1. The lowest BCUT2D eigenvalue weighted by atomic mass is 10.0. The van der Waals surface area contributed by atoms with E-state index in [1.807, 2.05) is 36.4 Å². The Morgan fingerprint density at radius 1 is 0.812 bits per heavy atom. The monoisotopic (exact) mass is 324 g/mol. The van der Waals surface area contributed by atoms with Crippen LogP contribution in [0.5, 0.6) is 0 Å². The average molecular weight is 324 g/mol. The predicted octanol–water partition coefficient (Wildman–Crippen LogP) is 3.97. The second kappa shape index (κ2) is 4.97. The maximum Gasteiger partial charge on any atom is 0.169 e. The Bertz CT molecular complexity index is 399. The van der Waals surface area contributed by atoms with Gasteiger partial charge < -0.3 is 4.74 Å². The van der Waals surface area contributed by atoms with Crippen LogP contribution in [-0.2, 0) is 8.34 Å². The van der Waals surface area contributed by atoms with Crippen molar-refractivity contribution in [2.45, 2.75) is 3.61 Å². The van der Waals surface area contributed by atoms with Crippen molar-refractivity contribution in [1.29, 1.82) is 0 Å². The molecule has 2 rings (SSSR count). The molecule has 16 heavy (non-hydrogen) atoms. The van der Waals surface area contributed by atoms with Gasteiger partial charge in [-0.1, -0.05) is 60.7 Å². The molecule has 0 bridgehead atoms. The number of benzene rings is 2. The summed E-state index contributed by atoms with van der Waals surface area (Å²) < 4.78 is 5.29. The van der Waals surface area contributed by atoms with Gasteiger partial charge in [0.05, 0.1) is 0 Å². The maximum atomic E-state index is 5.70. The maximum absolute atomic E-state index is 5.70. The van der Waals surface area contributed by atoms with Gasteiger partial charge in [0.15, 0.2) is 3.61 Å². The molecule has 0 atom stereocenters. The van der Waals surface area contributed by atoms with Gasteiger partial charge in [0.25, 0.3) is 0 Å². The Morgan fingerprint density at radius 2 is 1.19 bits per heavy atom. The number of hydrogen-bond donors (Lipinski definition) is 0. The van der Waals surface area contributed by atoms with Crippen LogP contribution < -0.4 is 0 Å². The summed E-state index contributed by atoms with van der Waals surface area (Å²) >= 11 is 2.35. The van der Waals surface area contributed by atoms with Crippen LogP contribution in [0.15, 0.2) is 60.7 Å². The normalized spacial score (nSPS) is 11.4. The fourth-order valence-corrected chi connectivity index (χ4v) is 2.43. The van der Waals surface area contributed by atoms with Gasteiger partial charge in [0, 0.05) is 7.11 Å². The van der Waals surface area contributed by atoms with Crippen molar-refractivity contribution in [2.75, 3.05) is 7.11 Å². The van der Waals surface area contributed by atoms with E-state index in [4.69, 9.17) is 4.74 Å². The van der Waals surface area contributed by atoms with Crippen LogP contribution in [0.1, 0.15) is 11.1 Å². The summed E-state index contributed by atoms with van der Waals surface area (Å²) in [6.07, 6.45) is 0. The number of methoxy groups -OCH3 is 1. The van der Waals surface area contributed by atoms with Gasteiger partial charge in [0.1, 0.15) is 0 Å². The quantitative estimate of drug-likeness (QED) is 0.613. The van der Waals surface area contributed by atoms with E-state index in [2.05, 4.69) is 46.9 Å². The van der Waals surface area contributed by atoms with E-state index < -0.39 is 3.61 Å². The molecular formula is C14H13IO. The van der Waals surface area contributed by atoms with Crippen molar-refractivity contribution in [2.24, 2.45) is 0 Å². The number of ether oxygens (including phenoxy) is 1. The summed E-state index contributed by atoms with van der Waals surface area (Å²) in [5.74, 6) is 0. The smallest absolute Gasteiger partial charge is 0.169 e. The Kier molecular flexibility index (Phi) is 3.61. The van der Waals surface area contributed by atoms with Gasteiger partial charge in [-0.05, 0) is 33.7 Å². The average Bonchev–Trinajstić information content (AvgIpc) is 2.40. The molecule has 0 saturated heterocycles. The summed E-state index contributed by atoms with van der Waals surface area (Å²) in [6.45, 7) is 0. The minimum atomic E-state index is -0.402. The second-order valence-electron chi connectivity index (χ2n) is 3.53. The van der Waals surface area contributed by atoms with Gasteiger partial charge in [0.2, 0.25) is 0 Å². The highest BCUT2D eigenvalue weighted by Gasteiger charge is 2.30. The van der Waals surface area contributed by atoms with Gasteiger partial charge in [-0.25, -0.2) is 0 Å². The van der Waals surface area contributed by atoms with E-state index >= 15 is 0 Å². The van der Waals surface area contributed by atoms with Crippen molar-refractivity contribution < 1.29 is 4.74 Å². The van der Waals surface area contributed by atoms with E-state index in [1.54, 1.807) is 7.11 Å². The fourth-order valence-electron chi connectivity index (χ4n) is 1.71. The Morgan fingerprint density at radius 3 is 1.50 bits per heavy atom. The van der Waals surface area contributed by atoms with Crippen molar-refractivity contribution >= 4 is 22.6 Å². The summed E-state index contributed by atoms with van der Waals surface area (Å²) in [6, 6.07) is 20.5. The highest BCUT2D eigenvalue weighted by molar-refractivity contribution is 14.1. The highest BCUT2D eigenvalue weighted by Crippen LogP contribution is 2.39. The lowest BCUT2D eigenvalue weighted by Crippen LogP contribution is -2.21. The fraction of sp³-hybridized carbons (Fsp3) is 0.143. The molecule has 0 spiro atoms. The van der Waals surface area contributed by atoms with Crippen LogP contribution in [0.2, 0.25) is 0 Å². The summed E-state index contributed by atoms with van der Waals surface area (Å²) in [5.41, 5.74) is 2.31.